The molecular formula is C16H34N2O2. The van der Waals surface area contributed by atoms with Crippen molar-refractivity contribution >= 4 is 0 Å². The molecular weight excluding hydrogens is 252 g/mol. The van der Waals surface area contributed by atoms with Gasteiger partial charge in [-0.05, 0) is 18.8 Å². The first-order chi connectivity index (χ1) is 9.51. The maximum atomic E-state index is 9.94. The highest BCUT2D eigenvalue weighted by molar-refractivity contribution is 4.87. The Kier molecular flexibility index (Phi) is 8.03. The summed E-state index contributed by atoms with van der Waals surface area (Å²) in [6.07, 6.45) is 2.38. The molecule has 0 radical (unpaired) electrons. The minimum atomic E-state index is -0.214. The summed E-state index contributed by atoms with van der Waals surface area (Å²) in [6, 6.07) is 0.499. The van der Waals surface area contributed by atoms with Gasteiger partial charge in [0, 0.05) is 38.8 Å². The van der Waals surface area contributed by atoms with Gasteiger partial charge in [-0.3, -0.25) is 9.80 Å². The number of hydrogen-bond acceptors (Lipinski definition) is 4. The maximum absolute atomic E-state index is 9.94. The third kappa shape index (κ3) is 5.32. The van der Waals surface area contributed by atoms with E-state index in [1.54, 1.807) is 0 Å². The molecule has 0 aliphatic carbocycles. The van der Waals surface area contributed by atoms with E-state index in [9.17, 15) is 10.2 Å². The van der Waals surface area contributed by atoms with Gasteiger partial charge in [0.1, 0.15) is 0 Å². The van der Waals surface area contributed by atoms with Crippen molar-refractivity contribution in [1.82, 2.24) is 9.80 Å². The topological polar surface area (TPSA) is 46.9 Å². The zero-order valence-corrected chi connectivity index (χ0v) is 13.8. The second-order valence-corrected chi connectivity index (χ2v) is 6.33. The van der Waals surface area contributed by atoms with E-state index in [1.165, 1.54) is 0 Å². The largest absolute Gasteiger partial charge is 0.392 e. The fourth-order valence-electron chi connectivity index (χ4n) is 2.94. The summed E-state index contributed by atoms with van der Waals surface area (Å²) in [4.78, 5) is 4.84. The van der Waals surface area contributed by atoms with Crippen LogP contribution in [0.3, 0.4) is 0 Å². The Labute approximate surface area is 124 Å². The standard InChI is InChI=1S/C16H34N2O2/c1-5-13(4)16-12-17(10-14(19)6-2)8-9-18(16)11-15(20)7-3/h13-16,19-20H,5-12H2,1-4H3. The Bertz CT molecular complexity index is 263. The molecule has 1 heterocycles. The van der Waals surface area contributed by atoms with Gasteiger partial charge in [0.05, 0.1) is 12.2 Å². The second kappa shape index (κ2) is 8.98. The summed E-state index contributed by atoms with van der Waals surface area (Å²) in [6.45, 7) is 13.2. The highest BCUT2D eigenvalue weighted by Gasteiger charge is 2.31. The van der Waals surface area contributed by atoms with E-state index < -0.39 is 0 Å². The second-order valence-electron chi connectivity index (χ2n) is 6.33. The van der Waals surface area contributed by atoms with Crippen LogP contribution >= 0.6 is 0 Å². The summed E-state index contributed by atoms with van der Waals surface area (Å²) in [7, 11) is 0. The number of β-amino-alcohol motifs (C(OH)–C–C–N with tert-alkyl or cyclic N) is 2. The van der Waals surface area contributed by atoms with Crippen molar-refractivity contribution in [2.45, 2.75) is 65.2 Å². The Balaban J connectivity index is 2.61. The quantitative estimate of drug-likeness (QED) is 0.711. The van der Waals surface area contributed by atoms with Crippen molar-refractivity contribution in [3.8, 4) is 0 Å². The molecule has 1 aliphatic heterocycles. The molecule has 0 aromatic carbocycles. The fraction of sp³-hybridized carbons (Fsp3) is 1.00. The van der Waals surface area contributed by atoms with Crippen molar-refractivity contribution in [1.29, 1.82) is 0 Å². The van der Waals surface area contributed by atoms with Gasteiger partial charge in [-0.15, -0.1) is 0 Å². The number of piperazine rings is 1. The van der Waals surface area contributed by atoms with E-state index >= 15 is 0 Å². The molecule has 0 bridgehead atoms. The number of hydrogen-bond donors (Lipinski definition) is 2. The lowest BCUT2D eigenvalue weighted by atomic mass is 9.94. The Morgan fingerprint density at radius 3 is 2.10 bits per heavy atom. The van der Waals surface area contributed by atoms with E-state index in [1.807, 2.05) is 13.8 Å². The minimum Gasteiger partial charge on any atom is -0.392 e. The number of nitrogens with zero attached hydrogens (tertiary/aromatic N) is 2. The van der Waals surface area contributed by atoms with Crippen molar-refractivity contribution in [2.24, 2.45) is 5.92 Å². The summed E-state index contributed by atoms with van der Waals surface area (Å²) in [5.41, 5.74) is 0. The van der Waals surface area contributed by atoms with Crippen molar-refractivity contribution in [3.63, 3.8) is 0 Å². The molecule has 0 saturated carbocycles. The first-order valence-corrected chi connectivity index (χ1v) is 8.34. The van der Waals surface area contributed by atoms with Crippen LogP contribution in [0, 0.1) is 5.92 Å². The lowest BCUT2D eigenvalue weighted by Gasteiger charge is -2.45. The molecule has 1 fully saturated rings. The van der Waals surface area contributed by atoms with Gasteiger partial charge in [-0.2, -0.15) is 0 Å². The van der Waals surface area contributed by atoms with Crippen LogP contribution in [0.2, 0.25) is 0 Å². The Morgan fingerprint density at radius 2 is 1.55 bits per heavy atom. The Morgan fingerprint density at radius 1 is 0.950 bits per heavy atom. The monoisotopic (exact) mass is 286 g/mol. The molecule has 4 unspecified atom stereocenters. The zero-order chi connectivity index (χ0) is 15.1. The van der Waals surface area contributed by atoms with Gasteiger partial charge in [0.25, 0.3) is 0 Å². The third-order valence-electron chi connectivity index (χ3n) is 4.78. The molecule has 20 heavy (non-hydrogen) atoms. The Hall–Kier alpha value is -0.160. The van der Waals surface area contributed by atoms with Gasteiger partial charge in [-0.25, -0.2) is 0 Å². The molecule has 120 valence electrons. The number of aliphatic hydroxyl groups is 2. The molecule has 0 spiro atoms. The first kappa shape index (κ1) is 17.9. The normalized spacial score (nSPS) is 26.4. The van der Waals surface area contributed by atoms with Crippen LogP contribution in [-0.2, 0) is 0 Å². The van der Waals surface area contributed by atoms with Crippen LogP contribution in [0.25, 0.3) is 0 Å². The SMILES string of the molecule is CCC(O)CN1CCN(CC(O)CC)C(C(C)CC)C1. The number of rotatable bonds is 8. The summed E-state index contributed by atoms with van der Waals surface area (Å²) in [5, 5.41) is 19.8. The van der Waals surface area contributed by atoms with Crippen molar-refractivity contribution < 1.29 is 10.2 Å². The molecule has 2 N–H and O–H groups in total. The van der Waals surface area contributed by atoms with E-state index in [0.717, 1.165) is 52.0 Å². The molecule has 0 aromatic rings. The van der Waals surface area contributed by atoms with Crippen LogP contribution in [0.4, 0.5) is 0 Å². The fourth-order valence-corrected chi connectivity index (χ4v) is 2.94. The minimum absolute atomic E-state index is 0.208. The molecule has 1 aliphatic rings. The molecule has 0 amide bonds. The van der Waals surface area contributed by atoms with E-state index in [-0.39, 0.29) is 12.2 Å². The predicted molar refractivity (Wildman–Crippen MR) is 83.9 cm³/mol. The molecule has 4 nitrogen and oxygen atoms in total. The molecule has 1 rings (SSSR count). The van der Waals surface area contributed by atoms with Crippen LogP contribution in [0.1, 0.15) is 47.0 Å². The average molecular weight is 286 g/mol. The van der Waals surface area contributed by atoms with Gasteiger partial charge in [-0.1, -0.05) is 34.1 Å². The van der Waals surface area contributed by atoms with Gasteiger partial charge in [0.15, 0.2) is 0 Å². The van der Waals surface area contributed by atoms with Gasteiger partial charge < -0.3 is 10.2 Å². The smallest absolute Gasteiger partial charge is 0.0664 e. The van der Waals surface area contributed by atoms with E-state index in [2.05, 4.69) is 23.6 Å². The molecule has 4 atom stereocenters. The lowest BCUT2D eigenvalue weighted by molar-refractivity contribution is -0.00389. The van der Waals surface area contributed by atoms with Gasteiger partial charge >= 0.3 is 0 Å². The van der Waals surface area contributed by atoms with Crippen LogP contribution in [-0.4, -0.2) is 71.0 Å². The van der Waals surface area contributed by atoms with Crippen molar-refractivity contribution in [2.75, 3.05) is 32.7 Å². The number of aliphatic hydroxyl groups excluding tert-OH is 2. The molecule has 0 aromatic heterocycles. The summed E-state index contributed by atoms with van der Waals surface area (Å²) >= 11 is 0. The summed E-state index contributed by atoms with van der Waals surface area (Å²) < 4.78 is 0. The predicted octanol–water partition coefficient (Wildman–Crippen LogP) is 1.56. The molecule has 1 saturated heterocycles. The third-order valence-corrected chi connectivity index (χ3v) is 4.78. The average Bonchev–Trinajstić information content (AvgIpc) is 2.47. The van der Waals surface area contributed by atoms with Crippen LogP contribution in [0.15, 0.2) is 0 Å². The lowest BCUT2D eigenvalue weighted by Crippen LogP contribution is -2.58. The van der Waals surface area contributed by atoms with Gasteiger partial charge in [0.2, 0.25) is 0 Å². The highest BCUT2D eigenvalue weighted by atomic mass is 16.3. The van der Waals surface area contributed by atoms with Crippen molar-refractivity contribution in [3.05, 3.63) is 0 Å². The highest BCUT2D eigenvalue weighted by Crippen LogP contribution is 2.21. The maximum Gasteiger partial charge on any atom is 0.0664 e. The van der Waals surface area contributed by atoms with Crippen LogP contribution < -0.4 is 0 Å². The van der Waals surface area contributed by atoms with Crippen LogP contribution in [0.5, 0.6) is 0 Å². The van der Waals surface area contributed by atoms with E-state index in [0.29, 0.717) is 12.0 Å². The first-order valence-electron chi connectivity index (χ1n) is 8.34. The molecule has 4 heteroatoms. The summed E-state index contributed by atoms with van der Waals surface area (Å²) in [5.74, 6) is 0.626. The van der Waals surface area contributed by atoms with E-state index in [4.69, 9.17) is 0 Å². The zero-order valence-electron chi connectivity index (χ0n) is 13.8.